The number of aliphatic carboxylic acids is 1. The normalized spacial score (nSPS) is 24.5. The lowest BCUT2D eigenvalue weighted by Crippen LogP contribution is -2.35. The molecule has 0 spiro atoms. The number of aromatic amines is 1. The van der Waals surface area contributed by atoms with Gasteiger partial charge in [-0.3, -0.25) is 4.79 Å². The summed E-state index contributed by atoms with van der Waals surface area (Å²) < 4.78 is 5.60. The Labute approximate surface area is 154 Å². The van der Waals surface area contributed by atoms with Crippen LogP contribution in [0.4, 0.5) is 0 Å². The summed E-state index contributed by atoms with van der Waals surface area (Å²) in [5.74, 6) is -2.07. The van der Waals surface area contributed by atoms with Gasteiger partial charge in [0.25, 0.3) is 0 Å². The first-order valence-corrected chi connectivity index (χ1v) is 8.81. The third kappa shape index (κ3) is 3.31. The first-order chi connectivity index (χ1) is 13.0. The second kappa shape index (κ2) is 6.88. The Kier molecular flexibility index (Phi) is 4.41. The summed E-state index contributed by atoms with van der Waals surface area (Å²) in [5, 5.41) is 22.9. The average molecular weight is 369 g/mol. The fourth-order valence-corrected chi connectivity index (χ4v) is 3.47. The number of fused-ring (bicyclic) bond motifs is 1. The van der Waals surface area contributed by atoms with E-state index in [9.17, 15) is 19.8 Å². The lowest BCUT2D eigenvalue weighted by molar-refractivity contribution is -0.134. The van der Waals surface area contributed by atoms with Gasteiger partial charge in [-0.05, 0) is 43.9 Å². The number of Topliss-reactive ketones (excluding diaryl/α,β-unsaturated/α-hetero) is 1. The number of ketones is 1. The molecule has 1 saturated carbocycles. The third-order valence-electron chi connectivity index (χ3n) is 4.91. The van der Waals surface area contributed by atoms with Gasteiger partial charge in [0.05, 0.1) is 6.10 Å². The number of carbonyl (C=O) groups excluding carboxylic acids is 1. The highest BCUT2D eigenvalue weighted by molar-refractivity contribution is 6.26. The number of aromatic nitrogens is 2. The number of carboxylic acid groups (broad SMARTS) is 1. The second-order valence-corrected chi connectivity index (χ2v) is 6.74. The van der Waals surface area contributed by atoms with E-state index in [1.807, 2.05) is 6.07 Å². The van der Waals surface area contributed by atoms with Crippen molar-refractivity contribution in [1.29, 1.82) is 0 Å². The lowest BCUT2D eigenvalue weighted by atomic mass is 9.93. The van der Waals surface area contributed by atoms with Gasteiger partial charge in [0.2, 0.25) is 11.7 Å². The number of carboxylic acids is 1. The maximum absolute atomic E-state index is 12.6. The Morgan fingerprint density at radius 2 is 2.11 bits per heavy atom. The van der Waals surface area contributed by atoms with Crippen LogP contribution in [0.1, 0.15) is 31.2 Å². The molecule has 1 fully saturated rings. The number of H-pyrrole nitrogens is 1. The van der Waals surface area contributed by atoms with Gasteiger partial charge in [-0.15, -0.1) is 0 Å². The van der Waals surface area contributed by atoms with E-state index in [0.29, 0.717) is 36.9 Å². The Hall–Kier alpha value is -3.13. The van der Waals surface area contributed by atoms with Gasteiger partial charge < -0.3 is 25.3 Å². The maximum Gasteiger partial charge on any atom is 0.345 e. The lowest BCUT2D eigenvalue weighted by Gasteiger charge is -2.27. The molecule has 3 heterocycles. The van der Waals surface area contributed by atoms with Crippen LogP contribution in [0.15, 0.2) is 41.7 Å². The molecular weight excluding hydrogens is 350 g/mol. The van der Waals surface area contributed by atoms with E-state index in [2.05, 4.69) is 15.3 Å². The van der Waals surface area contributed by atoms with E-state index in [4.69, 9.17) is 4.74 Å². The van der Waals surface area contributed by atoms with E-state index >= 15 is 0 Å². The number of aliphatic hydroxyl groups is 1. The molecule has 0 amide bonds. The van der Waals surface area contributed by atoms with Crippen LogP contribution in [-0.4, -0.2) is 44.1 Å². The summed E-state index contributed by atoms with van der Waals surface area (Å²) in [6, 6.07) is 3.59. The summed E-state index contributed by atoms with van der Waals surface area (Å²) in [5.41, 5.74) is 0.957. The molecule has 27 heavy (non-hydrogen) atoms. The van der Waals surface area contributed by atoms with Crippen molar-refractivity contribution in [1.82, 2.24) is 15.3 Å². The summed E-state index contributed by atoms with van der Waals surface area (Å²) >= 11 is 0. The molecule has 0 unspecified atom stereocenters. The molecule has 1 aliphatic heterocycles. The Balaban J connectivity index is 1.60. The zero-order valence-corrected chi connectivity index (χ0v) is 14.4. The summed E-state index contributed by atoms with van der Waals surface area (Å²) in [7, 11) is 0. The van der Waals surface area contributed by atoms with Crippen LogP contribution in [0.2, 0.25) is 0 Å². The zero-order chi connectivity index (χ0) is 19.0. The van der Waals surface area contributed by atoms with E-state index in [0.717, 1.165) is 5.39 Å². The standard InChI is InChI=1S/C19H19N3O5/c23-12-5-3-11(4-6-12)22-18-15(19(25)26)16(24)14(27-18)8-10-9-21-17-13(10)2-1-7-20-17/h1-2,7-9,11-12,22-23H,3-6H2,(H,20,21)(H,25,26)/t11-,12+. The molecule has 2 aromatic rings. The number of nitrogens with one attached hydrogen (secondary N) is 2. The number of allylic oxidation sites excluding steroid dienone is 1. The molecule has 4 N–H and O–H groups in total. The molecule has 0 atom stereocenters. The SMILES string of the molecule is O=C(O)C1=C(N[C@H]2CC[C@@H](O)CC2)OC(=Cc2c[nH]c3ncccc23)C1=O. The average Bonchev–Trinajstić information content (AvgIpc) is 3.19. The van der Waals surface area contributed by atoms with Gasteiger partial charge in [0.15, 0.2) is 11.3 Å². The molecule has 8 heteroatoms. The molecule has 2 aromatic heterocycles. The van der Waals surface area contributed by atoms with Gasteiger partial charge >= 0.3 is 5.97 Å². The minimum absolute atomic E-state index is 0.0295. The Bertz CT molecular complexity index is 967. The van der Waals surface area contributed by atoms with Crippen LogP contribution in [0, 0.1) is 0 Å². The molecule has 0 bridgehead atoms. The minimum atomic E-state index is -1.33. The van der Waals surface area contributed by atoms with Gasteiger partial charge in [-0.25, -0.2) is 9.78 Å². The van der Waals surface area contributed by atoms with Crippen molar-refractivity contribution in [2.24, 2.45) is 0 Å². The van der Waals surface area contributed by atoms with Crippen LogP contribution in [0.3, 0.4) is 0 Å². The van der Waals surface area contributed by atoms with Crippen molar-refractivity contribution >= 4 is 28.9 Å². The topological polar surface area (TPSA) is 125 Å². The highest BCUT2D eigenvalue weighted by Crippen LogP contribution is 2.29. The number of ether oxygens (including phenoxy) is 1. The molecule has 4 rings (SSSR count). The first-order valence-electron chi connectivity index (χ1n) is 8.81. The molecule has 0 radical (unpaired) electrons. The predicted octanol–water partition coefficient (Wildman–Crippen LogP) is 1.69. The molecular formula is C19H19N3O5. The largest absolute Gasteiger partial charge is 0.477 e. The van der Waals surface area contributed by atoms with Crippen molar-refractivity contribution in [2.45, 2.75) is 37.8 Å². The molecule has 2 aliphatic rings. The predicted molar refractivity (Wildman–Crippen MR) is 96.2 cm³/mol. The smallest absolute Gasteiger partial charge is 0.345 e. The van der Waals surface area contributed by atoms with Crippen molar-refractivity contribution < 1.29 is 24.5 Å². The van der Waals surface area contributed by atoms with Crippen molar-refractivity contribution in [2.75, 3.05) is 0 Å². The maximum atomic E-state index is 12.6. The number of pyridine rings is 1. The van der Waals surface area contributed by atoms with Crippen LogP contribution >= 0.6 is 0 Å². The van der Waals surface area contributed by atoms with Crippen molar-refractivity contribution in [3.63, 3.8) is 0 Å². The van der Waals surface area contributed by atoms with E-state index in [-0.39, 0.29) is 23.8 Å². The Morgan fingerprint density at radius 3 is 2.85 bits per heavy atom. The van der Waals surface area contributed by atoms with E-state index in [1.165, 1.54) is 6.08 Å². The van der Waals surface area contributed by atoms with Crippen LogP contribution in [0.25, 0.3) is 17.1 Å². The van der Waals surface area contributed by atoms with Crippen LogP contribution in [0.5, 0.6) is 0 Å². The van der Waals surface area contributed by atoms with Crippen LogP contribution in [-0.2, 0) is 14.3 Å². The molecule has 0 saturated heterocycles. The number of aliphatic hydroxyl groups excluding tert-OH is 1. The van der Waals surface area contributed by atoms with Gasteiger partial charge in [0, 0.05) is 29.4 Å². The number of rotatable bonds is 4. The van der Waals surface area contributed by atoms with E-state index in [1.54, 1.807) is 18.5 Å². The highest BCUT2D eigenvalue weighted by Gasteiger charge is 2.37. The molecule has 1 aliphatic carbocycles. The fraction of sp³-hybridized carbons (Fsp3) is 0.316. The fourth-order valence-electron chi connectivity index (χ4n) is 3.47. The van der Waals surface area contributed by atoms with Gasteiger partial charge in [-0.2, -0.15) is 0 Å². The summed E-state index contributed by atoms with van der Waals surface area (Å²) in [6.45, 7) is 0. The monoisotopic (exact) mass is 369 g/mol. The highest BCUT2D eigenvalue weighted by atomic mass is 16.5. The summed E-state index contributed by atoms with van der Waals surface area (Å²) in [4.78, 5) is 31.4. The zero-order valence-electron chi connectivity index (χ0n) is 14.4. The van der Waals surface area contributed by atoms with Gasteiger partial charge in [0.1, 0.15) is 5.65 Å². The number of carbonyl (C=O) groups is 2. The number of nitrogens with zero attached hydrogens (tertiary/aromatic N) is 1. The molecule has 140 valence electrons. The minimum Gasteiger partial charge on any atom is -0.477 e. The van der Waals surface area contributed by atoms with E-state index < -0.39 is 17.3 Å². The quantitative estimate of drug-likeness (QED) is 0.477. The van der Waals surface area contributed by atoms with Crippen LogP contribution < -0.4 is 5.32 Å². The molecule has 8 nitrogen and oxygen atoms in total. The third-order valence-corrected chi connectivity index (χ3v) is 4.91. The number of hydrogen-bond acceptors (Lipinski definition) is 6. The van der Waals surface area contributed by atoms with Crippen molar-refractivity contribution in [3.05, 3.63) is 47.3 Å². The first kappa shape index (κ1) is 17.3. The Morgan fingerprint density at radius 1 is 1.33 bits per heavy atom. The number of hydrogen-bond donors (Lipinski definition) is 4. The van der Waals surface area contributed by atoms with Gasteiger partial charge in [-0.1, -0.05) is 0 Å². The van der Waals surface area contributed by atoms with Crippen molar-refractivity contribution in [3.8, 4) is 0 Å². The summed E-state index contributed by atoms with van der Waals surface area (Å²) in [6.07, 6.45) is 7.16. The second-order valence-electron chi connectivity index (χ2n) is 6.74. The molecule has 0 aromatic carbocycles.